The van der Waals surface area contributed by atoms with Crippen LogP contribution in [-0.2, 0) is 14.2 Å². The summed E-state index contributed by atoms with van der Waals surface area (Å²) in [6.07, 6.45) is 0.462. The maximum absolute atomic E-state index is 11.8. The summed E-state index contributed by atoms with van der Waals surface area (Å²) in [5.74, 6) is 1.30. The van der Waals surface area contributed by atoms with Crippen LogP contribution in [-0.4, -0.2) is 63.0 Å². The number of amides is 1. The van der Waals surface area contributed by atoms with Crippen molar-refractivity contribution < 1.29 is 19.0 Å². The Balaban J connectivity index is 1.87. The fourth-order valence-corrected chi connectivity index (χ4v) is 2.39. The third kappa shape index (κ3) is 4.45. The minimum Gasteiger partial charge on any atom is -0.447 e. The zero-order valence-electron chi connectivity index (χ0n) is 12.3. The van der Waals surface area contributed by atoms with Crippen LogP contribution < -0.4 is 0 Å². The number of ether oxygens (including phenoxy) is 3. The molecule has 2 aliphatic heterocycles. The fraction of sp³-hybridized carbons (Fsp3) is 0.857. The Kier molecular flexibility index (Phi) is 5.79. The molecule has 2 rings (SSSR count). The van der Waals surface area contributed by atoms with Gasteiger partial charge >= 0.3 is 6.09 Å². The summed E-state index contributed by atoms with van der Waals surface area (Å²) in [5.41, 5.74) is 0. The molecule has 20 heavy (non-hydrogen) atoms. The molecular weight excluding hydrogens is 260 g/mol. The first-order valence-corrected chi connectivity index (χ1v) is 7.32. The highest BCUT2D eigenvalue weighted by atomic mass is 16.5. The van der Waals surface area contributed by atoms with Crippen molar-refractivity contribution in [3.63, 3.8) is 0 Å². The summed E-state index contributed by atoms with van der Waals surface area (Å²) in [7, 11) is 0. The first-order chi connectivity index (χ1) is 9.66. The van der Waals surface area contributed by atoms with Gasteiger partial charge in [-0.2, -0.15) is 4.99 Å². The molecule has 0 aliphatic carbocycles. The summed E-state index contributed by atoms with van der Waals surface area (Å²) in [6, 6.07) is 0. The predicted octanol–water partition coefficient (Wildman–Crippen LogP) is 1.55. The number of rotatable bonds is 3. The van der Waals surface area contributed by atoms with Gasteiger partial charge in [0.15, 0.2) is 0 Å². The molecule has 2 saturated heterocycles. The average molecular weight is 284 g/mol. The van der Waals surface area contributed by atoms with E-state index in [0.29, 0.717) is 32.3 Å². The van der Waals surface area contributed by atoms with Crippen molar-refractivity contribution in [1.82, 2.24) is 4.90 Å². The number of amidine groups is 1. The minimum atomic E-state index is -0.493. The lowest BCUT2D eigenvalue weighted by atomic mass is 10.1. The lowest BCUT2D eigenvalue weighted by molar-refractivity contribution is 0.0658. The zero-order valence-corrected chi connectivity index (χ0v) is 12.3. The summed E-state index contributed by atoms with van der Waals surface area (Å²) in [4.78, 5) is 18.1. The van der Waals surface area contributed by atoms with Crippen LogP contribution >= 0.6 is 0 Å². The Morgan fingerprint density at radius 2 is 2.05 bits per heavy atom. The lowest BCUT2D eigenvalue weighted by Crippen LogP contribution is -2.43. The molecular formula is C14H24N2O4. The second-order valence-electron chi connectivity index (χ2n) is 5.53. The van der Waals surface area contributed by atoms with E-state index in [1.807, 2.05) is 13.8 Å². The number of hydrogen-bond acceptors (Lipinski definition) is 4. The van der Waals surface area contributed by atoms with E-state index in [9.17, 15) is 4.79 Å². The van der Waals surface area contributed by atoms with E-state index >= 15 is 0 Å². The number of aliphatic imine (C=N–C) groups is 1. The van der Waals surface area contributed by atoms with Crippen LogP contribution in [0.1, 0.15) is 20.3 Å². The van der Waals surface area contributed by atoms with Gasteiger partial charge in [-0.05, 0) is 6.42 Å². The smallest absolute Gasteiger partial charge is 0.435 e. The minimum absolute atomic E-state index is 0.190. The third-order valence-corrected chi connectivity index (χ3v) is 3.52. The van der Waals surface area contributed by atoms with Gasteiger partial charge in [-0.25, -0.2) is 4.79 Å². The van der Waals surface area contributed by atoms with Gasteiger partial charge in [0.1, 0.15) is 5.84 Å². The molecule has 6 nitrogen and oxygen atoms in total. The van der Waals surface area contributed by atoms with E-state index < -0.39 is 6.09 Å². The van der Waals surface area contributed by atoms with Gasteiger partial charge in [0.05, 0.1) is 26.4 Å². The molecule has 1 atom stereocenters. The maximum atomic E-state index is 11.8. The molecule has 0 aromatic rings. The van der Waals surface area contributed by atoms with Gasteiger partial charge < -0.3 is 19.1 Å². The van der Waals surface area contributed by atoms with Gasteiger partial charge in [0.2, 0.25) is 0 Å². The Morgan fingerprint density at radius 1 is 1.30 bits per heavy atom. The monoisotopic (exact) mass is 284 g/mol. The standard InChI is InChI=1S/C14H24N2O4/c1-11(2)13(16-4-7-18-8-5-16)15-14(17)20-10-12-3-6-19-9-12/h11-12H,3-10H2,1-2H3/b15-13-. The number of morpholine rings is 1. The van der Waals surface area contributed by atoms with Crippen molar-refractivity contribution in [2.45, 2.75) is 20.3 Å². The molecule has 114 valence electrons. The Bertz CT molecular complexity index is 345. The van der Waals surface area contributed by atoms with Crippen LogP contribution in [0.2, 0.25) is 0 Å². The second kappa shape index (κ2) is 7.59. The van der Waals surface area contributed by atoms with Gasteiger partial charge in [0.25, 0.3) is 0 Å². The van der Waals surface area contributed by atoms with E-state index in [0.717, 1.165) is 32.0 Å². The van der Waals surface area contributed by atoms with E-state index in [1.165, 1.54) is 0 Å². The second-order valence-corrected chi connectivity index (χ2v) is 5.53. The van der Waals surface area contributed by atoms with Gasteiger partial charge in [-0.15, -0.1) is 0 Å². The summed E-state index contributed by atoms with van der Waals surface area (Å²) < 4.78 is 15.8. The molecule has 2 fully saturated rings. The normalized spacial score (nSPS) is 24.2. The molecule has 6 heteroatoms. The van der Waals surface area contributed by atoms with Crippen LogP contribution in [0.15, 0.2) is 4.99 Å². The Labute approximate surface area is 120 Å². The lowest BCUT2D eigenvalue weighted by Gasteiger charge is -2.31. The van der Waals surface area contributed by atoms with Gasteiger partial charge in [0, 0.05) is 31.5 Å². The van der Waals surface area contributed by atoms with Gasteiger partial charge in [-0.3, -0.25) is 0 Å². The first-order valence-electron chi connectivity index (χ1n) is 7.32. The summed E-state index contributed by atoms with van der Waals surface area (Å²) in [6.45, 7) is 8.82. The molecule has 1 amide bonds. The molecule has 0 spiro atoms. The summed E-state index contributed by atoms with van der Waals surface area (Å²) >= 11 is 0. The van der Waals surface area contributed by atoms with Crippen molar-refractivity contribution in [2.24, 2.45) is 16.8 Å². The fourth-order valence-electron chi connectivity index (χ4n) is 2.39. The number of carbonyl (C=O) groups excluding carboxylic acids is 1. The molecule has 2 aliphatic rings. The van der Waals surface area contributed by atoms with Crippen LogP contribution in [0.5, 0.6) is 0 Å². The number of hydrogen-bond donors (Lipinski definition) is 0. The van der Waals surface area contributed by atoms with Crippen molar-refractivity contribution in [3.8, 4) is 0 Å². The average Bonchev–Trinajstić information content (AvgIpc) is 2.96. The first kappa shape index (κ1) is 15.3. The number of carbonyl (C=O) groups is 1. The van der Waals surface area contributed by atoms with Crippen molar-refractivity contribution in [3.05, 3.63) is 0 Å². The van der Waals surface area contributed by atoms with Crippen LogP contribution in [0.4, 0.5) is 4.79 Å². The zero-order chi connectivity index (χ0) is 14.4. The molecule has 1 unspecified atom stereocenters. The van der Waals surface area contributed by atoms with Gasteiger partial charge in [-0.1, -0.05) is 13.8 Å². The maximum Gasteiger partial charge on any atom is 0.435 e. The van der Waals surface area contributed by atoms with Crippen LogP contribution in [0, 0.1) is 11.8 Å². The highest BCUT2D eigenvalue weighted by molar-refractivity contribution is 5.93. The molecule has 0 aromatic carbocycles. The predicted molar refractivity (Wildman–Crippen MR) is 74.9 cm³/mol. The van der Waals surface area contributed by atoms with E-state index in [4.69, 9.17) is 14.2 Å². The van der Waals surface area contributed by atoms with E-state index in [1.54, 1.807) is 0 Å². The van der Waals surface area contributed by atoms with Crippen molar-refractivity contribution in [2.75, 3.05) is 46.1 Å². The SMILES string of the molecule is CC(C)/C(=N/C(=O)OCC1CCOC1)N1CCOCC1. The Hall–Kier alpha value is -1.14. The quantitative estimate of drug-likeness (QED) is 0.581. The van der Waals surface area contributed by atoms with Crippen molar-refractivity contribution >= 4 is 11.9 Å². The molecule has 0 bridgehead atoms. The van der Waals surface area contributed by atoms with E-state index in [-0.39, 0.29) is 5.92 Å². The highest BCUT2D eigenvalue weighted by Crippen LogP contribution is 2.13. The number of nitrogens with zero attached hydrogens (tertiary/aromatic N) is 2. The molecule has 0 N–H and O–H groups in total. The molecule has 0 aromatic heterocycles. The van der Waals surface area contributed by atoms with Crippen molar-refractivity contribution in [1.29, 1.82) is 0 Å². The molecule has 2 heterocycles. The van der Waals surface area contributed by atoms with Crippen LogP contribution in [0.3, 0.4) is 0 Å². The largest absolute Gasteiger partial charge is 0.447 e. The highest BCUT2D eigenvalue weighted by Gasteiger charge is 2.21. The topological polar surface area (TPSA) is 60.4 Å². The molecule has 0 saturated carbocycles. The summed E-state index contributed by atoms with van der Waals surface area (Å²) in [5, 5.41) is 0. The molecule has 0 radical (unpaired) electrons. The Morgan fingerprint density at radius 3 is 2.65 bits per heavy atom. The van der Waals surface area contributed by atoms with E-state index in [2.05, 4.69) is 9.89 Å². The third-order valence-electron chi connectivity index (χ3n) is 3.52. The van der Waals surface area contributed by atoms with Crippen LogP contribution in [0.25, 0.3) is 0 Å².